The van der Waals surface area contributed by atoms with E-state index < -0.39 is 0 Å². The maximum absolute atomic E-state index is 12.9. The van der Waals surface area contributed by atoms with Crippen molar-refractivity contribution in [3.63, 3.8) is 0 Å². The molecule has 0 amide bonds. The number of nitrogens with zero attached hydrogens (tertiary/aromatic N) is 2. The zero-order valence-corrected chi connectivity index (χ0v) is 16.1. The van der Waals surface area contributed by atoms with Gasteiger partial charge in [-0.2, -0.15) is 0 Å². The van der Waals surface area contributed by atoms with Gasteiger partial charge < -0.3 is 4.74 Å². The molecule has 2 aromatic carbocycles. The van der Waals surface area contributed by atoms with Crippen LogP contribution in [0.2, 0.25) is 5.02 Å². The van der Waals surface area contributed by atoms with Crippen molar-refractivity contribution in [2.45, 2.75) is 33.7 Å². The fourth-order valence-electron chi connectivity index (χ4n) is 3.06. The number of allylic oxidation sites excluding steroid dienone is 1. The van der Waals surface area contributed by atoms with Crippen molar-refractivity contribution in [3.8, 4) is 5.75 Å². The number of halogens is 1. The average molecular weight is 371 g/mol. The molecule has 1 heterocycles. The number of benzene rings is 2. The number of para-hydroxylation sites is 1. The molecule has 136 valence electrons. The first-order valence-corrected chi connectivity index (χ1v) is 9.03. The minimum atomic E-state index is -0.0600. The standard InChI is InChI=1S/C21H23ClN2O2/c1-14(2)24-19-13-16(4)15(3)12-18(19)23(21(24)25)10-7-11-26-20-9-6-5-8-17(20)22/h5-6,8-9,12-13H,1,7,10-11H2,2-4H3. The van der Waals surface area contributed by atoms with Gasteiger partial charge in [-0.25, -0.2) is 4.79 Å². The van der Waals surface area contributed by atoms with Crippen LogP contribution in [-0.4, -0.2) is 15.7 Å². The molecule has 5 heteroatoms. The van der Waals surface area contributed by atoms with Crippen molar-refractivity contribution in [1.82, 2.24) is 9.13 Å². The number of aryl methyl sites for hydroxylation is 3. The first-order valence-electron chi connectivity index (χ1n) is 8.66. The second-order valence-electron chi connectivity index (χ2n) is 6.56. The van der Waals surface area contributed by atoms with Gasteiger partial charge in [0.2, 0.25) is 0 Å². The zero-order chi connectivity index (χ0) is 18.8. The summed E-state index contributed by atoms with van der Waals surface area (Å²) in [4.78, 5) is 12.9. The highest BCUT2D eigenvalue weighted by atomic mass is 35.5. The predicted octanol–water partition coefficient (Wildman–Crippen LogP) is 5.03. The van der Waals surface area contributed by atoms with Gasteiger partial charge in [-0.1, -0.05) is 30.3 Å². The van der Waals surface area contributed by atoms with Crippen LogP contribution in [0.1, 0.15) is 24.5 Å². The fourth-order valence-corrected chi connectivity index (χ4v) is 3.25. The Morgan fingerprint density at radius 1 is 1.15 bits per heavy atom. The van der Waals surface area contributed by atoms with E-state index in [2.05, 4.69) is 32.6 Å². The van der Waals surface area contributed by atoms with Gasteiger partial charge in [0.1, 0.15) is 5.75 Å². The van der Waals surface area contributed by atoms with E-state index in [4.69, 9.17) is 16.3 Å². The number of ether oxygens (including phenoxy) is 1. The third kappa shape index (κ3) is 3.42. The van der Waals surface area contributed by atoms with E-state index in [0.717, 1.165) is 22.2 Å². The molecule has 0 fully saturated rings. The predicted molar refractivity (Wildman–Crippen MR) is 108 cm³/mol. The summed E-state index contributed by atoms with van der Waals surface area (Å²) in [5.74, 6) is 0.664. The second kappa shape index (κ2) is 7.42. The quantitative estimate of drug-likeness (QED) is 0.570. The maximum atomic E-state index is 12.9. The normalized spacial score (nSPS) is 11.1. The first kappa shape index (κ1) is 18.3. The molecule has 0 aliphatic rings. The number of imidazole rings is 1. The first-order chi connectivity index (χ1) is 12.4. The maximum Gasteiger partial charge on any atom is 0.333 e. The molecular formula is C21H23ClN2O2. The number of hydrogen-bond acceptors (Lipinski definition) is 2. The highest BCUT2D eigenvalue weighted by molar-refractivity contribution is 6.32. The van der Waals surface area contributed by atoms with Gasteiger partial charge in [0.25, 0.3) is 0 Å². The van der Waals surface area contributed by atoms with Crippen LogP contribution in [0, 0.1) is 13.8 Å². The van der Waals surface area contributed by atoms with Crippen LogP contribution in [0.5, 0.6) is 5.75 Å². The van der Waals surface area contributed by atoms with Gasteiger partial charge in [-0.05, 0) is 62.6 Å². The molecule has 0 bridgehead atoms. The van der Waals surface area contributed by atoms with E-state index in [-0.39, 0.29) is 5.69 Å². The Balaban J connectivity index is 1.85. The van der Waals surface area contributed by atoms with Crippen LogP contribution in [0.15, 0.2) is 47.8 Å². The molecule has 0 aliphatic heterocycles. The van der Waals surface area contributed by atoms with Crippen molar-refractivity contribution in [1.29, 1.82) is 0 Å². The van der Waals surface area contributed by atoms with Gasteiger partial charge >= 0.3 is 5.69 Å². The summed E-state index contributed by atoms with van der Waals surface area (Å²) in [6.45, 7) is 11.0. The van der Waals surface area contributed by atoms with Crippen LogP contribution in [0.4, 0.5) is 0 Å². The molecule has 0 saturated carbocycles. The van der Waals surface area contributed by atoms with E-state index >= 15 is 0 Å². The monoisotopic (exact) mass is 370 g/mol. The molecule has 3 aromatic rings. The fraction of sp³-hybridized carbons (Fsp3) is 0.286. The van der Waals surface area contributed by atoms with Crippen LogP contribution < -0.4 is 10.4 Å². The van der Waals surface area contributed by atoms with Crippen LogP contribution in [0.25, 0.3) is 16.7 Å². The van der Waals surface area contributed by atoms with Crippen molar-refractivity contribution in [2.75, 3.05) is 6.61 Å². The number of fused-ring (bicyclic) bond motifs is 1. The van der Waals surface area contributed by atoms with Gasteiger partial charge in [0, 0.05) is 12.2 Å². The summed E-state index contributed by atoms with van der Waals surface area (Å²) >= 11 is 6.10. The van der Waals surface area contributed by atoms with Crippen molar-refractivity contribution in [3.05, 3.63) is 69.6 Å². The van der Waals surface area contributed by atoms with Crippen molar-refractivity contribution >= 4 is 28.3 Å². The summed E-state index contributed by atoms with van der Waals surface area (Å²) in [6.07, 6.45) is 0.702. The summed E-state index contributed by atoms with van der Waals surface area (Å²) in [5.41, 5.74) is 4.81. The lowest BCUT2D eigenvalue weighted by atomic mass is 10.1. The average Bonchev–Trinajstić information content (AvgIpc) is 2.85. The van der Waals surface area contributed by atoms with Crippen LogP contribution >= 0.6 is 11.6 Å². The molecular weight excluding hydrogens is 348 g/mol. The number of aromatic nitrogens is 2. The van der Waals surface area contributed by atoms with E-state index in [1.54, 1.807) is 15.2 Å². The third-order valence-corrected chi connectivity index (χ3v) is 4.86. The van der Waals surface area contributed by atoms with Crippen LogP contribution in [-0.2, 0) is 6.54 Å². The lowest BCUT2D eigenvalue weighted by Gasteiger charge is -2.08. The van der Waals surface area contributed by atoms with E-state index in [1.807, 2.05) is 25.1 Å². The van der Waals surface area contributed by atoms with Crippen molar-refractivity contribution in [2.24, 2.45) is 0 Å². The molecule has 0 unspecified atom stereocenters. The molecule has 4 nitrogen and oxygen atoms in total. The molecule has 0 radical (unpaired) electrons. The third-order valence-electron chi connectivity index (χ3n) is 4.55. The summed E-state index contributed by atoms with van der Waals surface area (Å²) in [6, 6.07) is 11.5. The molecule has 0 atom stereocenters. The summed E-state index contributed by atoms with van der Waals surface area (Å²) in [5, 5.41) is 0.592. The molecule has 26 heavy (non-hydrogen) atoms. The second-order valence-corrected chi connectivity index (χ2v) is 6.97. The Morgan fingerprint density at radius 3 is 2.46 bits per heavy atom. The van der Waals surface area contributed by atoms with E-state index in [1.165, 1.54) is 0 Å². The molecule has 0 spiro atoms. The van der Waals surface area contributed by atoms with Gasteiger partial charge in [0.05, 0.1) is 22.7 Å². The molecule has 0 aliphatic carbocycles. The Bertz CT molecular complexity index is 1030. The van der Waals surface area contributed by atoms with Crippen LogP contribution in [0.3, 0.4) is 0 Å². The summed E-state index contributed by atoms with van der Waals surface area (Å²) < 4.78 is 9.21. The summed E-state index contributed by atoms with van der Waals surface area (Å²) in [7, 11) is 0. The van der Waals surface area contributed by atoms with Gasteiger partial charge in [-0.3, -0.25) is 9.13 Å². The Morgan fingerprint density at radius 2 is 1.81 bits per heavy atom. The molecule has 0 saturated heterocycles. The SMILES string of the molecule is C=C(C)n1c(=O)n(CCCOc2ccccc2Cl)c2cc(C)c(C)cc21. The van der Waals surface area contributed by atoms with E-state index in [9.17, 15) is 4.79 Å². The highest BCUT2D eigenvalue weighted by Gasteiger charge is 2.14. The smallest absolute Gasteiger partial charge is 0.333 e. The lowest BCUT2D eigenvalue weighted by molar-refractivity contribution is 0.302. The Kier molecular flexibility index (Phi) is 5.23. The minimum absolute atomic E-state index is 0.0600. The molecule has 3 rings (SSSR count). The largest absolute Gasteiger partial charge is 0.492 e. The Hall–Kier alpha value is -2.46. The van der Waals surface area contributed by atoms with Crippen molar-refractivity contribution < 1.29 is 4.74 Å². The Labute approximate surface area is 158 Å². The zero-order valence-electron chi connectivity index (χ0n) is 15.4. The van der Waals surface area contributed by atoms with E-state index in [0.29, 0.717) is 36.0 Å². The number of rotatable bonds is 6. The van der Waals surface area contributed by atoms with Gasteiger partial charge in [-0.15, -0.1) is 0 Å². The highest BCUT2D eigenvalue weighted by Crippen LogP contribution is 2.24. The topological polar surface area (TPSA) is 36.2 Å². The molecule has 0 N–H and O–H groups in total. The number of hydrogen-bond donors (Lipinski definition) is 0. The lowest BCUT2D eigenvalue weighted by Crippen LogP contribution is -2.23. The minimum Gasteiger partial charge on any atom is -0.492 e. The van der Waals surface area contributed by atoms with Gasteiger partial charge in [0.15, 0.2) is 0 Å². The molecule has 1 aromatic heterocycles.